The second-order valence-electron chi connectivity index (χ2n) is 3.98. The molecule has 0 spiro atoms. The third-order valence-corrected chi connectivity index (χ3v) is 3.44. The minimum Gasteiger partial charge on any atom is -0.359 e. The number of carbonyl (C=O) groups is 4. The molecule has 1 fully saturated rings. The van der Waals surface area contributed by atoms with Crippen molar-refractivity contribution in [2.75, 3.05) is 25.9 Å². The van der Waals surface area contributed by atoms with Crippen LogP contribution in [0.2, 0.25) is 0 Å². The molecule has 0 atom stereocenters. The Morgan fingerprint density at radius 3 is 2.53 bits per heavy atom. The van der Waals surface area contributed by atoms with Gasteiger partial charge in [0.25, 0.3) is 5.24 Å². The van der Waals surface area contributed by atoms with Crippen LogP contribution in [0.15, 0.2) is 0 Å². The average Bonchev–Trinajstić information content (AvgIpc) is 2.70. The summed E-state index contributed by atoms with van der Waals surface area (Å²) < 4.78 is 0. The van der Waals surface area contributed by atoms with Gasteiger partial charge in [0.1, 0.15) is 0 Å². The van der Waals surface area contributed by atoms with Gasteiger partial charge < -0.3 is 10.6 Å². The van der Waals surface area contributed by atoms with Gasteiger partial charge in [0.05, 0.1) is 5.75 Å². The maximum Gasteiger partial charge on any atom is 0.288 e. The van der Waals surface area contributed by atoms with Gasteiger partial charge in [-0.05, 0) is 6.42 Å². The zero-order chi connectivity index (χ0) is 14.3. The summed E-state index contributed by atoms with van der Waals surface area (Å²) in [5.41, 5.74) is 0. The van der Waals surface area contributed by atoms with Crippen LogP contribution in [0.25, 0.3) is 0 Å². The monoisotopic (exact) mass is 287 g/mol. The number of hydrogen-bond donors (Lipinski definition) is 2. The zero-order valence-corrected chi connectivity index (χ0v) is 11.5. The molecule has 0 aromatic rings. The van der Waals surface area contributed by atoms with Crippen molar-refractivity contribution in [1.82, 2.24) is 15.5 Å². The Morgan fingerprint density at radius 2 is 1.95 bits per heavy atom. The first kappa shape index (κ1) is 15.5. The SMILES string of the molecule is CNC(=O)CCCC(=O)NCCN1C(=O)CSC1=O. The summed E-state index contributed by atoms with van der Waals surface area (Å²) in [4.78, 5) is 46.0. The number of hydrogen-bond acceptors (Lipinski definition) is 5. The molecular weight excluding hydrogens is 270 g/mol. The molecule has 0 aromatic carbocycles. The van der Waals surface area contributed by atoms with Gasteiger partial charge in [-0.3, -0.25) is 24.1 Å². The normalized spacial score (nSPS) is 14.7. The second-order valence-corrected chi connectivity index (χ2v) is 4.90. The fraction of sp³-hybridized carbons (Fsp3) is 0.636. The lowest BCUT2D eigenvalue weighted by molar-refractivity contribution is -0.126. The van der Waals surface area contributed by atoms with E-state index in [0.29, 0.717) is 12.8 Å². The van der Waals surface area contributed by atoms with Gasteiger partial charge in [-0.15, -0.1) is 0 Å². The molecular formula is C11H17N3O4S. The molecule has 1 saturated heterocycles. The second kappa shape index (κ2) is 7.78. The summed E-state index contributed by atoms with van der Waals surface area (Å²) in [6.45, 7) is 0.447. The first-order chi connectivity index (χ1) is 9.04. The third kappa shape index (κ3) is 5.29. The number of rotatable bonds is 7. The van der Waals surface area contributed by atoms with Gasteiger partial charge in [-0.2, -0.15) is 0 Å². The van der Waals surface area contributed by atoms with Crippen LogP contribution in [0.5, 0.6) is 0 Å². The Hall–Kier alpha value is -1.57. The number of carbonyl (C=O) groups excluding carboxylic acids is 4. The first-order valence-electron chi connectivity index (χ1n) is 5.99. The maximum atomic E-state index is 11.4. The Bertz CT molecular complexity index is 370. The van der Waals surface area contributed by atoms with E-state index >= 15 is 0 Å². The lowest BCUT2D eigenvalue weighted by Crippen LogP contribution is -2.37. The molecule has 0 aromatic heterocycles. The molecule has 106 valence electrons. The highest BCUT2D eigenvalue weighted by Gasteiger charge is 2.29. The highest BCUT2D eigenvalue weighted by molar-refractivity contribution is 8.14. The molecule has 0 saturated carbocycles. The summed E-state index contributed by atoms with van der Waals surface area (Å²) in [5.74, 6) is -0.323. The summed E-state index contributed by atoms with van der Waals surface area (Å²) in [6.07, 6.45) is 1.04. The Labute approximate surface area is 115 Å². The van der Waals surface area contributed by atoms with Crippen molar-refractivity contribution in [3.63, 3.8) is 0 Å². The molecule has 0 radical (unpaired) electrons. The van der Waals surface area contributed by atoms with Crippen LogP contribution < -0.4 is 10.6 Å². The van der Waals surface area contributed by atoms with Crippen LogP contribution in [-0.4, -0.2) is 53.8 Å². The molecule has 1 aliphatic heterocycles. The molecule has 0 bridgehead atoms. The van der Waals surface area contributed by atoms with Crippen LogP contribution in [0.1, 0.15) is 19.3 Å². The van der Waals surface area contributed by atoms with Crippen LogP contribution in [0.4, 0.5) is 4.79 Å². The fourth-order valence-corrected chi connectivity index (χ4v) is 2.28. The molecule has 0 unspecified atom stereocenters. The van der Waals surface area contributed by atoms with Gasteiger partial charge in [-0.25, -0.2) is 0 Å². The molecule has 2 N–H and O–H groups in total. The molecule has 8 heteroatoms. The largest absolute Gasteiger partial charge is 0.359 e. The molecule has 7 nitrogen and oxygen atoms in total. The lowest BCUT2D eigenvalue weighted by Gasteiger charge is -2.12. The van der Waals surface area contributed by atoms with E-state index in [1.807, 2.05) is 0 Å². The number of thioether (sulfide) groups is 1. The van der Waals surface area contributed by atoms with E-state index in [-0.39, 0.29) is 48.2 Å². The van der Waals surface area contributed by atoms with E-state index in [4.69, 9.17) is 0 Å². The minimum absolute atomic E-state index is 0.0990. The molecule has 0 aliphatic carbocycles. The van der Waals surface area contributed by atoms with Gasteiger partial charge in [0.2, 0.25) is 17.7 Å². The van der Waals surface area contributed by atoms with Gasteiger partial charge >= 0.3 is 0 Å². The summed E-state index contributed by atoms with van der Waals surface area (Å²) in [7, 11) is 1.55. The van der Waals surface area contributed by atoms with Crippen molar-refractivity contribution in [3.05, 3.63) is 0 Å². The Balaban J connectivity index is 2.12. The van der Waals surface area contributed by atoms with Gasteiger partial charge in [0.15, 0.2) is 0 Å². The molecule has 19 heavy (non-hydrogen) atoms. The summed E-state index contributed by atoms with van der Waals surface area (Å²) >= 11 is 0.972. The molecule has 1 rings (SSSR count). The maximum absolute atomic E-state index is 11.4. The van der Waals surface area contributed by atoms with E-state index in [0.717, 1.165) is 16.7 Å². The van der Waals surface area contributed by atoms with Crippen molar-refractivity contribution in [3.8, 4) is 0 Å². The van der Waals surface area contributed by atoms with Crippen LogP contribution in [0.3, 0.4) is 0 Å². The highest BCUT2D eigenvalue weighted by atomic mass is 32.2. The minimum atomic E-state index is -0.265. The molecule has 1 heterocycles. The van der Waals surface area contributed by atoms with E-state index in [2.05, 4.69) is 10.6 Å². The van der Waals surface area contributed by atoms with Crippen LogP contribution >= 0.6 is 11.8 Å². The average molecular weight is 287 g/mol. The van der Waals surface area contributed by atoms with Gasteiger partial charge in [-0.1, -0.05) is 11.8 Å². The highest BCUT2D eigenvalue weighted by Crippen LogP contribution is 2.17. The van der Waals surface area contributed by atoms with Crippen LogP contribution in [0, 0.1) is 0 Å². The predicted octanol–water partition coefficient (Wildman–Crippen LogP) is -0.286. The number of nitrogens with one attached hydrogen (secondary N) is 2. The van der Waals surface area contributed by atoms with Crippen molar-refractivity contribution in [2.45, 2.75) is 19.3 Å². The van der Waals surface area contributed by atoms with Crippen LogP contribution in [-0.2, 0) is 14.4 Å². The first-order valence-corrected chi connectivity index (χ1v) is 6.97. The lowest BCUT2D eigenvalue weighted by atomic mass is 10.2. The molecule has 1 aliphatic rings. The van der Waals surface area contributed by atoms with Crippen molar-refractivity contribution in [2.24, 2.45) is 0 Å². The Kier molecular flexibility index (Phi) is 6.34. The van der Waals surface area contributed by atoms with Gasteiger partial charge in [0, 0.05) is 33.0 Å². The quantitative estimate of drug-likeness (QED) is 0.671. The number of amides is 4. The van der Waals surface area contributed by atoms with Crippen molar-refractivity contribution in [1.29, 1.82) is 0 Å². The summed E-state index contributed by atoms with van der Waals surface area (Å²) in [6, 6.07) is 0. The Morgan fingerprint density at radius 1 is 1.26 bits per heavy atom. The molecule has 4 amide bonds. The standard InChI is InChI=1S/C11H17N3O4S/c1-12-8(15)3-2-4-9(16)13-5-6-14-10(17)7-19-11(14)18/h2-7H2,1H3,(H,12,15)(H,13,16). The van der Waals surface area contributed by atoms with E-state index in [1.54, 1.807) is 7.05 Å². The van der Waals surface area contributed by atoms with E-state index in [1.165, 1.54) is 0 Å². The smallest absolute Gasteiger partial charge is 0.288 e. The number of imide groups is 1. The zero-order valence-electron chi connectivity index (χ0n) is 10.7. The summed E-state index contributed by atoms with van der Waals surface area (Å²) in [5, 5.41) is 4.83. The third-order valence-electron chi connectivity index (χ3n) is 2.58. The topological polar surface area (TPSA) is 95.6 Å². The number of nitrogens with zero attached hydrogens (tertiary/aromatic N) is 1. The predicted molar refractivity (Wildman–Crippen MR) is 70.5 cm³/mol. The van der Waals surface area contributed by atoms with Crippen molar-refractivity contribution >= 4 is 34.7 Å². The fourth-order valence-electron chi connectivity index (χ4n) is 1.53. The van der Waals surface area contributed by atoms with Crippen molar-refractivity contribution < 1.29 is 19.2 Å². The van der Waals surface area contributed by atoms with E-state index < -0.39 is 0 Å². The van der Waals surface area contributed by atoms with E-state index in [9.17, 15) is 19.2 Å².